The van der Waals surface area contributed by atoms with Crippen molar-refractivity contribution in [3.8, 4) is 11.5 Å². The molecule has 1 amide bonds. The summed E-state index contributed by atoms with van der Waals surface area (Å²) in [4.78, 5) is 11.2. The van der Waals surface area contributed by atoms with Crippen molar-refractivity contribution in [1.82, 2.24) is 5.32 Å². The molecule has 0 radical (unpaired) electrons. The third-order valence-corrected chi connectivity index (χ3v) is 2.22. The molecule has 5 heteroatoms. The summed E-state index contributed by atoms with van der Waals surface area (Å²) < 4.78 is 0. The van der Waals surface area contributed by atoms with Crippen molar-refractivity contribution in [3.05, 3.63) is 23.8 Å². The van der Waals surface area contributed by atoms with Gasteiger partial charge in [0.1, 0.15) is 6.04 Å². The Labute approximate surface area is 93.9 Å². The topological polar surface area (TPSA) is 95.6 Å². The number of hydrogen-bond acceptors (Lipinski definition) is 4. The fourth-order valence-corrected chi connectivity index (χ4v) is 1.39. The van der Waals surface area contributed by atoms with Crippen LogP contribution >= 0.6 is 0 Å². The third kappa shape index (κ3) is 2.87. The van der Waals surface area contributed by atoms with Gasteiger partial charge in [0.15, 0.2) is 11.5 Å². The molecule has 0 saturated heterocycles. The van der Waals surface area contributed by atoms with Gasteiger partial charge in [-0.25, -0.2) is 0 Å². The zero-order chi connectivity index (χ0) is 12.1. The Hall–Kier alpha value is -1.75. The predicted molar refractivity (Wildman–Crippen MR) is 60.0 cm³/mol. The van der Waals surface area contributed by atoms with Crippen LogP contribution in [0.4, 0.5) is 0 Å². The quantitative estimate of drug-likeness (QED) is 0.551. The van der Waals surface area contributed by atoms with E-state index in [0.717, 1.165) is 6.42 Å². The summed E-state index contributed by atoms with van der Waals surface area (Å²) in [7, 11) is 0. The number of phenolic OH excluding ortho intramolecular Hbond substituents is 2. The smallest absolute Gasteiger partial charge is 0.239 e. The molecule has 0 fully saturated rings. The second-order valence-electron chi connectivity index (χ2n) is 3.54. The fraction of sp³-hybridized carbons (Fsp3) is 0.364. The second kappa shape index (κ2) is 5.37. The molecule has 0 saturated carbocycles. The molecular weight excluding hydrogens is 208 g/mol. The van der Waals surface area contributed by atoms with E-state index in [-0.39, 0.29) is 11.5 Å². The van der Waals surface area contributed by atoms with Crippen LogP contribution in [0.15, 0.2) is 18.2 Å². The van der Waals surface area contributed by atoms with Crippen LogP contribution in [0.2, 0.25) is 0 Å². The number of primary amides is 1. The fourth-order valence-electron chi connectivity index (χ4n) is 1.39. The minimum Gasteiger partial charge on any atom is -0.504 e. The standard InChI is InChI=1S/C11H16N2O3/c1-2-5-13-10(11(12)16)7-3-4-8(14)9(15)6-7/h3-4,6,10,13-15H,2,5H2,1H3,(H2,12,16). The maximum absolute atomic E-state index is 11.2. The number of aromatic hydroxyl groups is 2. The lowest BCUT2D eigenvalue weighted by atomic mass is 10.1. The van der Waals surface area contributed by atoms with Crippen LogP contribution in [0.1, 0.15) is 24.9 Å². The largest absolute Gasteiger partial charge is 0.504 e. The molecule has 0 bridgehead atoms. The summed E-state index contributed by atoms with van der Waals surface area (Å²) in [6.45, 7) is 2.62. The van der Waals surface area contributed by atoms with E-state index in [1.54, 1.807) is 6.07 Å². The Morgan fingerprint density at radius 2 is 2.12 bits per heavy atom. The summed E-state index contributed by atoms with van der Waals surface area (Å²) in [5.74, 6) is -0.997. The number of benzene rings is 1. The van der Waals surface area contributed by atoms with Crippen LogP contribution in [0.25, 0.3) is 0 Å². The number of carbonyl (C=O) groups is 1. The summed E-state index contributed by atoms with van der Waals surface area (Å²) in [5.41, 5.74) is 5.79. The van der Waals surface area contributed by atoms with Crippen molar-refractivity contribution in [2.45, 2.75) is 19.4 Å². The Kier molecular flexibility index (Phi) is 4.13. The van der Waals surface area contributed by atoms with E-state index in [4.69, 9.17) is 10.8 Å². The highest BCUT2D eigenvalue weighted by molar-refractivity contribution is 5.81. The summed E-state index contributed by atoms with van der Waals surface area (Å²) >= 11 is 0. The first-order valence-corrected chi connectivity index (χ1v) is 5.10. The Morgan fingerprint density at radius 1 is 1.44 bits per heavy atom. The van der Waals surface area contributed by atoms with Gasteiger partial charge >= 0.3 is 0 Å². The molecule has 5 nitrogen and oxygen atoms in total. The molecule has 0 spiro atoms. The van der Waals surface area contributed by atoms with Gasteiger partial charge in [-0.05, 0) is 30.7 Å². The van der Waals surface area contributed by atoms with Crippen molar-refractivity contribution >= 4 is 5.91 Å². The highest BCUT2D eigenvalue weighted by atomic mass is 16.3. The SMILES string of the molecule is CCCNC(C(N)=O)c1ccc(O)c(O)c1. The van der Waals surface area contributed by atoms with Gasteiger partial charge in [0.05, 0.1) is 0 Å². The zero-order valence-electron chi connectivity index (χ0n) is 9.10. The number of amides is 1. The van der Waals surface area contributed by atoms with Crippen molar-refractivity contribution in [2.75, 3.05) is 6.54 Å². The summed E-state index contributed by atoms with van der Waals surface area (Å²) in [5, 5.41) is 21.4. The Morgan fingerprint density at radius 3 is 2.62 bits per heavy atom. The number of nitrogens with two attached hydrogens (primary N) is 1. The van der Waals surface area contributed by atoms with Crippen LogP contribution in [-0.2, 0) is 4.79 Å². The van der Waals surface area contributed by atoms with E-state index in [0.29, 0.717) is 12.1 Å². The molecular formula is C11H16N2O3. The minimum absolute atomic E-state index is 0.220. The number of nitrogens with one attached hydrogen (secondary N) is 1. The first kappa shape index (κ1) is 12.3. The van der Waals surface area contributed by atoms with Crippen molar-refractivity contribution in [2.24, 2.45) is 5.73 Å². The number of hydrogen-bond donors (Lipinski definition) is 4. The molecule has 0 aliphatic heterocycles. The van der Waals surface area contributed by atoms with Crippen LogP contribution < -0.4 is 11.1 Å². The van der Waals surface area contributed by atoms with Crippen LogP contribution in [0, 0.1) is 0 Å². The maximum Gasteiger partial charge on any atom is 0.239 e. The molecule has 5 N–H and O–H groups in total. The normalized spacial score (nSPS) is 12.3. The van der Waals surface area contributed by atoms with Crippen LogP contribution in [0.5, 0.6) is 11.5 Å². The molecule has 0 aliphatic rings. The van der Waals surface area contributed by atoms with E-state index >= 15 is 0 Å². The first-order chi connectivity index (χ1) is 7.56. The monoisotopic (exact) mass is 224 g/mol. The van der Waals surface area contributed by atoms with Crippen molar-refractivity contribution < 1.29 is 15.0 Å². The van der Waals surface area contributed by atoms with Crippen molar-refractivity contribution in [3.63, 3.8) is 0 Å². The highest BCUT2D eigenvalue weighted by Gasteiger charge is 2.17. The minimum atomic E-state index is -0.647. The lowest BCUT2D eigenvalue weighted by Crippen LogP contribution is -2.33. The lowest BCUT2D eigenvalue weighted by Gasteiger charge is -2.15. The molecule has 0 aromatic heterocycles. The second-order valence-corrected chi connectivity index (χ2v) is 3.54. The third-order valence-electron chi connectivity index (χ3n) is 2.22. The van der Waals surface area contributed by atoms with Gasteiger partial charge in [-0.2, -0.15) is 0 Å². The van der Waals surface area contributed by atoms with E-state index in [1.165, 1.54) is 12.1 Å². The molecule has 1 aromatic carbocycles. The molecule has 1 aromatic rings. The molecule has 0 aliphatic carbocycles. The predicted octanol–water partition coefficient (Wildman–Crippen LogP) is 0.624. The molecule has 1 unspecified atom stereocenters. The van der Waals surface area contributed by atoms with E-state index in [2.05, 4.69) is 5.32 Å². The maximum atomic E-state index is 11.2. The molecule has 16 heavy (non-hydrogen) atoms. The Bertz CT molecular complexity index is 379. The summed E-state index contributed by atoms with van der Waals surface area (Å²) in [6, 6.07) is 3.56. The molecule has 1 atom stereocenters. The average Bonchev–Trinajstić information content (AvgIpc) is 2.23. The molecule has 0 heterocycles. The van der Waals surface area contributed by atoms with E-state index < -0.39 is 11.9 Å². The lowest BCUT2D eigenvalue weighted by molar-refractivity contribution is -0.120. The van der Waals surface area contributed by atoms with Gasteiger partial charge in [0, 0.05) is 0 Å². The van der Waals surface area contributed by atoms with E-state index in [9.17, 15) is 9.90 Å². The molecule has 88 valence electrons. The van der Waals surface area contributed by atoms with Gasteiger partial charge in [-0.1, -0.05) is 13.0 Å². The van der Waals surface area contributed by atoms with Gasteiger partial charge < -0.3 is 21.3 Å². The van der Waals surface area contributed by atoms with Crippen molar-refractivity contribution in [1.29, 1.82) is 0 Å². The van der Waals surface area contributed by atoms with Gasteiger partial charge in [0.2, 0.25) is 5.91 Å². The number of phenols is 2. The van der Waals surface area contributed by atoms with Gasteiger partial charge in [0.25, 0.3) is 0 Å². The van der Waals surface area contributed by atoms with Crippen LogP contribution in [-0.4, -0.2) is 22.7 Å². The molecule has 1 rings (SSSR count). The highest BCUT2D eigenvalue weighted by Crippen LogP contribution is 2.27. The average molecular weight is 224 g/mol. The first-order valence-electron chi connectivity index (χ1n) is 5.10. The van der Waals surface area contributed by atoms with E-state index in [1.807, 2.05) is 6.92 Å². The van der Waals surface area contributed by atoms with Gasteiger partial charge in [-0.15, -0.1) is 0 Å². The Balaban J connectivity index is 2.92. The van der Waals surface area contributed by atoms with Gasteiger partial charge in [-0.3, -0.25) is 4.79 Å². The number of carbonyl (C=O) groups excluding carboxylic acids is 1. The number of rotatable bonds is 5. The zero-order valence-corrected chi connectivity index (χ0v) is 9.10. The van der Waals surface area contributed by atoms with Crippen LogP contribution in [0.3, 0.4) is 0 Å². The summed E-state index contributed by atoms with van der Waals surface area (Å²) in [6.07, 6.45) is 0.869.